The summed E-state index contributed by atoms with van der Waals surface area (Å²) in [5.74, 6) is 0. The first-order chi connectivity index (χ1) is 6.94. The van der Waals surface area contributed by atoms with Crippen LogP contribution in [-0.2, 0) is 4.74 Å². The predicted octanol–water partition coefficient (Wildman–Crippen LogP) is 1.75. The van der Waals surface area contributed by atoms with E-state index in [1.54, 1.807) is 0 Å². The molecule has 0 aliphatic heterocycles. The molecule has 0 aromatic carbocycles. The number of hydrogen-bond acceptors (Lipinski definition) is 3. The summed E-state index contributed by atoms with van der Waals surface area (Å²) in [5, 5.41) is 9.64. The first-order valence-corrected chi connectivity index (χ1v) is 5.92. The van der Waals surface area contributed by atoms with Crippen LogP contribution in [0.5, 0.6) is 0 Å². The zero-order chi connectivity index (χ0) is 11.9. The molecule has 0 rings (SSSR count). The molecule has 0 spiro atoms. The van der Waals surface area contributed by atoms with E-state index in [4.69, 9.17) is 4.74 Å². The van der Waals surface area contributed by atoms with Crippen LogP contribution in [0, 0.1) is 5.41 Å². The predicted molar refractivity (Wildman–Crippen MR) is 64.1 cm³/mol. The summed E-state index contributed by atoms with van der Waals surface area (Å²) in [4.78, 5) is 2.32. The van der Waals surface area contributed by atoms with Gasteiger partial charge < -0.3 is 14.7 Å². The van der Waals surface area contributed by atoms with Crippen LogP contribution in [0.1, 0.15) is 34.6 Å². The minimum absolute atomic E-state index is 0.0533. The monoisotopic (exact) mass is 217 g/mol. The molecule has 0 aliphatic rings. The molecule has 0 bridgehead atoms. The van der Waals surface area contributed by atoms with E-state index < -0.39 is 0 Å². The maximum atomic E-state index is 9.64. The molecular weight excluding hydrogens is 190 g/mol. The van der Waals surface area contributed by atoms with Crippen molar-refractivity contribution < 1.29 is 9.84 Å². The Bertz CT molecular complexity index is 158. The second-order valence-electron chi connectivity index (χ2n) is 4.73. The molecule has 15 heavy (non-hydrogen) atoms. The quantitative estimate of drug-likeness (QED) is 0.629. The standard InChI is InChI=1S/C12H27NO2/c1-6-13(8-9-15-7-2)10-12(4,5)11(3)14/h11,14H,6-10H2,1-5H3. The minimum Gasteiger partial charge on any atom is -0.393 e. The summed E-state index contributed by atoms with van der Waals surface area (Å²) in [6, 6.07) is 0. The highest BCUT2D eigenvalue weighted by molar-refractivity contribution is 4.78. The molecule has 92 valence electrons. The van der Waals surface area contributed by atoms with Crippen LogP contribution in [0.15, 0.2) is 0 Å². The molecule has 3 heteroatoms. The molecule has 0 aromatic rings. The van der Waals surface area contributed by atoms with Crippen molar-refractivity contribution >= 4 is 0 Å². The normalized spacial score (nSPS) is 14.6. The van der Waals surface area contributed by atoms with Crippen molar-refractivity contribution in [2.45, 2.75) is 40.7 Å². The lowest BCUT2D eigenvalue weighted by Crippen LogP contribution is -2.41. The molecule has 0 heterocycles. The van der Waals surface area contributed by atoms with Crippen LogP contribution >= 0.6 is 0 Å². The van der Waals surface area contributed by atoms with Gasteiger partial charge in [-0.15, -0.1) is 0 Å². The fraction of sp³-hybridized carbons (Fsp3) is 1.00. The van der Waals surface area contributed by atoms with E-state index in [1.165, 1.54) is 0 Å². The van der Waals surface area contributed by atoms with Crippen molar-refractivity contribution in [3.63, 3.8) is 0 Å². The first kappa shape index (κ1) is 14.9. The van der Waals surface area contributed by atoms with Gasteiger partial charge in [0.15, 0.2) is 0 Å². The number of nitrogens with zero attached hydrogens (tertiary/aromatic N) is 1. The van der Waals surface area contributed by atoms with Crippen LogP contribution in [0.4, 0.5) is 0 Å². The van der Waals surface area contributed by atoms with Gasteiger partial charge in [-0.1, -0.05) is 20.8 Å². The summed E-state index contributed by atoms with van der Waals surface area (Å²) >= 11 is 0. The highest BCUT2D eigenvalue weighted by Crippen LogP contribution is 2.21. The number of likely N-dealkylation sites (N-methyl/N-ethyl adjacent to an activating group) is 1. The van der Waals surface area contributed by atoms with E-state index in [0.717, 1.165) is 32.8 Å². The van der Waals surface area contributed by atoms with E-state index in [-0.39, 0.29) is 11.5 Å². The minimum atomic E-state index is -0.279. The number of ether oxygens (including phenoxy) is 1. The van der Waals surface area contributed by atoms with E-state index in [0.29, 0.717) is 0 Å². The van der Waals surface area contributed by atoms with Crippen LogP contribution in [-0.4, -0.2) is 49.0 Å². The van der Waals surface area contributed by atoms with E-state index in [1.807, 2.05) is 13.8 Å². The fourth-order valence-corrected chi connectivity index (χ4v) is 1.40. The van der Waals surface area contributed by atoms with Gasteiger partial charge in [0, 0.05) is 25.1 Å². The molecule has 0 amide bonds. The molecule has 0 saturated heterocycles. The third kappa shape index (κ3) is 6.13. The summed E-state index contributed by atoms with van der Waals surface area (Å²) in [6.45, 7) is 14.6. The zero-order valence-corrected chi connectivity index (χ0v) is 10.9. The lowest BCUT2D eigenvalue weighted by molar-refractivity contribution is 0.0261. The van der Waals surface area contributed by atoms with Crippen molar-refractivity contribution in [1.82, 2.24) is 4.90 Å². The first-order valence-electron chi connectivity index (χ1n) is 5.92. The summed E-state index contributed by atoms with van der Waals surface area (Å²) in [7, 11) is 0. The average molecular weight is 217 g/mol. The van der Waals surface area contributed by atoms with Crippen LogP contribution in [0.25, 0.3) is 0 Å². The SMILES string of the molecule is CCOCCN(CC)CC(C)(C)C(C)O. The van der Waals surface area contributed by atoms with Crippen LogP contribution in [0.3, 0.4) is 0 Å². The highest BCUT2D eigenvalue weighted by Gasteiger charge is 2.26. The lowest BCUT2D eigenvalue weighted by Gasteiger charge is -2.34. The molecule has 0 aliphatic carbocycles. The smallest absolute Gasteiger partial charge is 0.0593 e. The maximum absolute atomic E-state index is 9.64. The average Bonchev–Trinajstić information content (AvgIpc) is 2.16. The van der Waals surface area contributed by atoms with Gasteiger partial charge in [0.2, 0.25) is 0 Å². The Morgan fingerprint density at radius 2 is 1.93 bits per heavy atom. The molecular formula is C12H27NO2. The second kappa shape index (κ2) is 7.20. The number of aliphatic hydroxyl groups excluding tert-OH is 1. The number of hydrogen-bond donors (Lipinski definition) is 1. The van der Waals surface area contributed by atoms with Gasteiger partial charge in [-0.25, -0.2) is 0 Å². The topological polar surface area (TPSA) is 32.7 Å². The van der Waals surface area contributed by atoms with Crippen LogP contribution in [0.2, 0.25) is 0 Å². The van der Waals surface area contributed by atoms with Gasteiger partial charge >= 0.3 is 0 Å². The molecule has 1 N–H and O–H groups in total. The fourth-order valence-electron chi connectivity index (χ4n) is 1.40. The van der Waals surface area contributed by atoms with E-state index in [2.05, 4.69) is 25.7 Å². The van der Waals surface area contributed by atoms with Gasteiger partial charge in [-0.2, -0.15) is 0 Å². The van der Waals surface area contributed by atoms with E-state index in [9.17, 15) is 5.11 Å². The Labute approximate surface area is 94.4 Å². The Kier molecular flexibility index (Phi) is 7.14. The Balaban J connectivity index is 3.97. The Morgan fingerprint density at radius 3 is 2.33 bits per heavy atom. The largest absolute Gasteiger partial charge is 0.393 e. The summed E-state index contributed by atoms with van der Waals surface area (Å²) < 4.78 is 5.34. The number of rotatable bonds is 8. The van der Waals surface area contributed by atoms with E-state index >= 15 is 0 Å². The Hall–Kier alpha value is -0.120. The van der Waals surface area contributed by atoms with Gasteiger partial charge in [-0.05, 0) is 20.4 Å². The molecule has 0 radical (unpaired) electrons. The molecule has 0 aromatic heterocycles. The van der Waals surface area contributed by atoms with Gasteiger partial charge in [0.25, 0.3) is 0 Å². The Morgan fingerprint density at radius 1 is 1.33 bits per heavy atom. The van der Waals surface area contributed by atoms with Crippen molar-refractivity contribution in [2.24, 2.45) is 5.41 Å². The molecule has 3 nitrogen and oxygen atoms in total. The van der Waals surface area contributed by atoms with Crippen molar-refractivity contribution in [2.75, 3.05) is 32.8 Å². The number of aliphatic hydroxyl groups is 1. The molecule has 0 fully saturated rings. The molecule has 1 atom stereocenters. The third-order valence-electron chi connectivity index (χ3n) is 2.97. The summed E-state index contributed by atoms with van der Waals surface area (Å²) in [5.41, 5.74) is -0.0533. The van der Waals surface area contributed by atoms with Gasteiger partial charge in [0.05, 0.1) is 12.7 Å². The maximum Gasteiger partial charge on any atom is 0.0593 e. The summed E-state index contributed by atoms with van der Waals surface area (Å²) in [6.07, 6.45) is -0.279. The van der Waals surface area contributed by atoms with Gasteiger partial charge in [0.1, 0.15) is 0 Å². The zero-order valence-electron chi connectivity index (χ0n) is 10.9. The second-order valence-corrected chi connectivity index (χ2v) is 4.73. The van der Waals surface area contributed by atoms with Crippen molar-refractivity contribution in [3.8, 4) is 0 Å². The van der Waals surface area contributed by atoms with Gasteiger partial charge in [-0.3, -0.25) is 0 Å². The highest BCUT2D eigenvalue weighted by atomic mass is 16.5. The van der Waals surface area contributed by atoms with Crippen molar-refractivity contribution in [1.29, 1.82) is 0 Å². The van der Waals surface area contributed by atoms with Crippen molar-refractivity contribution in [3.05, 3.63) is 0 Å². The lowest BCUT2D eigenvalue weighted by atomic mass is 9.87. The van der Waals surface area contributed by atoms with Crippen LogP contribution < -0.4 is 0 Å². The molecule has 0 saturated carbocycles. The molecule has 1 unspecified atom stereocenters. The third-order valence-corrected chi connectivity index (χ3v) is 2.97.